The maximum absolute atomic E-state index is 10.3. The van der Waals surface area contributed by atoms with E-state index in [0.29, 0.717) is 13.2 Å². The first-order valence-electron chi connectivity index (χ1n) is 9.13. The van der Waals surface area contributed by atoms with Gasteiger partial charge in [-0.05, 0) is 43.2 Å². The Morgan fingerprint density at radius 2 is 1.77 bits per heavy atom. The number of benzene rings is 2. The van der Waals surface area contributed by atoms with Gasteiger partial charge in [0.15, 0.2) is 0 Å². The number of hydrogen-bond donors (Lipinski definition) is 1. The fraction of sp³-hybridized carbons (Fsp3) is 0.429. The molecule has 1 saturated heterocycles. The highest BCUT2D eigenvalue weighted by molar-refractivity contribution is 6.30. The van der Waals surface area contributed by atoms with E-state index in [1.807, 2.05) is 43.3 Å². The van der Waals surface area contributed by atoms with Crippen molar-refractivity contribution in [1.29, 1.82) is 0 Å². The highest BCUT2D eigenvalue weighted by atomic mass is 35.5. The Hall–Kier alpha value is -1.75. The predicted molar refractivity (Wildman–Crippen MR) is 108 cm³/mol. The van der Waals surface area contributed by atoms with E-state index in [-0.39, 0.29) is 0 Å². The molecule has 5 heteroatoms. The van der Waals surface area contributed by atoms with Gasteiger partial charge in [0.1, 0.15) is 18.5 Å². The Morgan fingerprint density at radius 1 is 1.04 bits per heavy atom. The molecule has 26 heavy (non-hydrogen) atoms. The van der Waals surface area contributed by atoms with Crippen molar-refractivity contribution in [3.63, 3.8) is 0 Å². The first-order valence-corrected chi connectivity index (χ1v) is 9.50. The third-order valence-corrected chi connectivity index (χ3v) is 5.11. The molecule has 0 aliphatic carbocycles. The zero-order valence-electron chi connectivity index (χ0n) is 15.5. The van der Waals surface area contributed by atoms with Gasteiger partial charge in [-0.15, -0.1) is 0 Å². The summed E-state index contributed by atoms with van der Waals surface area (Å²) in [7, 11) is 0. The lowest BCUT2D eigenvalue weighted by molar-refractivity contribution is 0.0661. The third kappa shape index (κ3) is 4.91. The molecule has 0 bridgehead atoms. The average molecular weight is 375 g/mol. The quantitative estimate of drug-likeness (QED) is 0.839. The van der Waals surface area contributed by atoms with Crippen LogP contribution in [0.2, 0.25) is 5.02 Å². The fourth-order valence-electron chi connectivity index (χ4n) is 3.35. The molecular formula is C21H27ClN2O2. The van der Waals surface area contributed by atoms with Crippen molar-refractivity contribution in [2.24, 2.45) is 0 Å². The molecule has 0 saturated carbocycles. The van der Waals surface area contributed by atoms with Crippen LogP contribution in [0.3, 0.4) is 0 Å². The second-order valence-corrected chi connectivity index (χ2v) is 7.39. The van der Waals surface area contributed by atoms with E-state index in [9.17, 15) is 5.11 Å². The Morgan fingerprint density at radius 3 is 2.50 bits per heavy atom. The predicted octanol–water partition coefficient (Wildman–Crippen LogP) is 3.52. The fourth-order valence-corrected chi connectivity index (χ4v) is 3.52. The Kier molecular flexibility index (Phi) is 6.41. The van der Waals surface area contributed by atoms with Gasteiger partial charge < -0.3 is 14.7 Å². The number of para-hydroxylation sites is 1. The molecule has 1 heterocycles. The summed E-state index contributed by atoms with van der Waals surface area (Å²) in [5.74, 6) is 0.841. The van der Waals surface area contributed by atoms with Gasteiger partial charge in [0.05, 0.1) is 0 Å². The molecule has 0 aromatic heterocycles. The van der Waals surface area contributed by atoms with Gasteiger partial charge in [0, 0.05) is 43.4 Å². The standard InChI is InChI=1S/C21H27ClN2O2/c1-16-7-8-18(22)13-20(16)24-11-9-23(10-12-24)14-19(25)15-26-21-6-4-3-5-17(21)2/h3-8,13,19,25H,9-12,14-15H2,1-2H3/t19-/m0/s1. The molecule has 0 radical (unpaired) electrons. The summed E-state index contributed by atoms with van der Waals surface area (Å²) in [4.78, 5) is 4.66. The number of ether oxygens (including phenoxy) is 1. The van der Waals surface area contributed by atoms with Crippen LogP contribution in [0.1, 0.15) is 11.1 Å². The van der Waals surface area contributed by atoms with Crippen molar-refractivity contribution in [1.82, 2.24) is 4.90 Å². The summed E-state index contributed by atoms with van der Waals surface area (Å²) in [5, 5.41) is 11.1. The third-order valence-electron chi connectivity index (χ3n) is 4.88. The van der Waals surface area contributed by atoms with E-state index in [4.69, 9.17) is 16.3 Å². The number of aryl methyl sites for hydroxylation is 2. The molecule has 3 rings (SSSR count). The number of aliphatic hydroxyl groups excluding tert-OH is 1. The summed E-state index contributed by atoms with van der Waals surface area (Å²) < 4.78 is 5.76. The highest BCUT2D eigenvalue weighted by Crippen LogP contribution is 2.25. The van der Waals surface area contributed by atoms with E-state index in [1.54, 1.807) is 0 Å². The van der Waals surface area contributed by atoms with Gasteiger partial charge in [0.2, 0.25) is 0 Å². The van der Waals surface area contributed by atoms with Crippen LogP contribution in [0.25, 0.3) is 0 Å². The number of β-amino-alcohol motifs (C(OH)–C–C–N with tert-alkyl or cyclic N) is 1. The molecule has 1 aliphatic rings. The lowest BCUT2D eigenvalue weighted by atomic mass is 10.1. The van der Waals surface area contributed by atoms with E-state index in [0.717, 1.165) is 42.5 Å². The Labute approximate surface area is 160 Å². The molecular weight excluding hydrogens is 348 g/mol. The van der Waals surface area contributed by atoms with Crippen LogP contribution in [0.5, 0.6) is 5.75 Å². The largest absolute Gasteiger partial charge is 0.491 e. The zero-order chi connectivity index (χ0) is 18.5. The number of rotatable bonds is 6. The number of anilines is 1. The molecule has 1 atom stereocenters. The second kappa shape index (κ2) is 8.76. The van der Waals surface area contributed by atoms with Gasteiger partial charge in [0.25, 0.3) is 0 Å². The molecule has 1 fully saturated rings. The van der Waals surface area contributed by atoms with Gasteiger partial charge >= 0.3 is 0 Å². The minimum atomic E-state index is -0.492. The summed E-state index contributed by atoms with van der Waals surface area (Å²) >= 11 is 6.15. The lowest BCUT2D eigenvalue weighted by Crippen LogP contribution is -2.49. The van der Waals surface area contributed by atoms with E-state index in [1.165, 1.54) is 11.3 Å². The van der Waals surface area contributed by atoms with Gasteiger partial charge in [-0.3, -0.25) is 4.90 Å². The van der Waals surface area contributed by atoms with Crippen LogP contribution in [0.15, 0.2) is 42.5 Å². The van der Waals surface area contributed by atoms with Crippen molar-refractivity contribution in [2.75, 3.05) is 44.2 Å². The van der Waals surface area contributed by atoms with E-state index >= 15 is 0 Å². The summed E-state index contributed by atoms with van der Waals surface area (Å²) in [6.45, 7) is 8.80. The van der Waals surface area contributed by atoms with Crippen LogP contribution >= 0.6 is 11.6 Å². The molecule has 1 aliphatic heterocycles. The first-order chi connectivity index (χ1) is 12.5. The minimum Gasteiger partial charge on any atom is -0.491 e. The van der Waals surface area contributed by atoms with Crippen LogP contribution in [-0.2, 0) is 0 Å². The molecule has 140 valence electrons. The zero-order valence-corrected chi connectivity index (χ0v) is 16.2. The number of aliphatic hydroxyl groups is 1. The van der Waals surface area contributed by atoms with Crippen molar-refractivity contribution in [3.8, 4) is 5.75 Å². The van der Waals surface area contributed by atoms with Crippen LogP contribution in [0.4, 0.5) is 5.69 Å². The van der Waals surface area contributed by atoms with Crippen molar-refractivity contribution < 1.29 is 9.84 Å². The van der Waals surface area contributed by atoms with Crippen molar-refractivity contribution in [2.45, 2.75) is 20.0 Å². The first kappa shape index (κ1) is 19.0. The molecule has 2 aromatic rings. The second-order valence-electron chi connectivity index (χ2n) is 6.95. The van der Waals surface area contributed by atoms with E-state index < -0.39 is 6.10 Å². The SMILES string of the molecule is Cc1ccccc1OC[C@@H](O)CN1CCN(c2cc(Cl)ccc2C)CC1. The average Bonchev–Trinajstić information content (AvgIpc) is 2.64. The number of hydrogen-bond acceptors (Lipinski definition) is 4. The number of nitrogens with zero attached hydrogens (tertiary/aromatic N) is 2. The molecule has 0 spiro atoms. The number of halogens is 1. The maximum atomic E-state index is 10.3. The molecule has 0 unspecified atom stereocenters. The molecule has 4 nitrogen and oxygen atoms in total. The van der Waals surface area contributed by atoms with Crippen LogP contribution in [0, 0.1) is 13.8 Å². The summed E-state index contributed by atoms with van der Waals surface area (Å²) in [5.41, 5.74) is 3.54. The molecule has 0 amide bonds. The van der Waals surface area contributed by atoms with Gasteiger partial charge in [-0.2, -0.15) is 0 Å². The Balaban J connectivity index is 1.46. The topological polar surface area (TPSA) is 35.9 Å². The maximum Gasteiger partial charge on any atom is 0.122 e. The molecule has 2 aromatic carbocycles. The minimum absolute atomic E-state index is 0.318. The number of piperazine rings is 1. The summed E-state index contributed by atoms with van der Waals surface area (Å²) in [6, 6.07) is 13.9. The Bertz CT molecular complexity index is 730. The smallest absolute Gasteiger partial charge is 0.122 e. The van der Waals surface area contributed by atoms with Gasteiger partial charge in [-0.1, -0.05) is 35.9 Å². The van der Waals surface area contributed by atoms with E-state index in [2.05, 4.69) is 22.8 Å². The lowest BCUT2D eigenvalue weighted by Gasteiger charge is -2.37. The summed E-state index contributed by atoms with van der Waals surface area (Å²) in [6.07, 6.45) is -0.492. The normalized spacial score (nSPS) is 16.5. The highest BCUT2D eigenvalue weighted by Gasteiger charge is 2.21. The van der Waals surface area contributed by atoms with Crippen LogP contribution < -0.4 is 9.64 Å². The van der Waals surface area contributed by atoms with Crippen LogP contribution in [-0.4, -0.2) is 55.4 Å². The molecule has 1 N–H and O–H groups in total. The van der Waals surface area contributed by atoms with Crippen molar-refractivity contribution >= 4 is 17.3 Å². The monoisotopic (exact) mass is 374 g/mol. The van der Waals surface area contributed by atoms with Gasteiger partial charge in [-0.25, -0.2) is 0 Å². The van der Waals surface area contributed by atoms with Crippen molar-refractivity contribution in [3.05, 3.63) is 58.6 Å².